The Balaban J connectivity index is 1.27. The van der Waals surface area contributed by atoms with Crippen molar-refractivity contribution in [2.45, 2.75) is 31.5 Å². The topological polar surface area (TPSA) is 68.2 Å². The molecule has 0 bridgehead atoms. The Morgan fingerprint density at radius 1 is 1.14 bits per heavy atom. The smallest absolute Gasteiger partial charge is 0.272 e. The predicted molar refractivity (Wildman–Crippen MR) is 107 cm³/mol. The van der Waals surface area contributed by atoms with Crippen LogP contribution in [-0.4, -0.2) is 28.3 Å². The normalized spacial score (nSPS) is 20.3. The van der Waals surface area contributed by atoms with Crippen molar-refractivity contribution in [1.29, 1.82) is 0 Å². The Bertz CT molecular complexity index is 999. The summed E-state index contributed by atoms with van der Waals surface area (Å²) in [7, 11) is 0. The molecule has 2 N–H and O–H groups in total. The van der Waals surface area contributed by atoms with Crippen molar-refractivity contribution in [3.05, 3.63) is 77.5 Å². The molecule has 0 radical (unpaired) electrons. The van der Waals surface area contributed by atoms with Crippen LogP contribution in [0.25, 0.3) is 0 Å². The molecule has 0 aliphatic carbocycles. The van der Waals surface area contributed by atoms with Gasteiger partial charge in [-0.2, -0.15) is 5.10 Å². The number of nitrogens with zero attached hydrogens (tertiary/aromatic N) is 2. The van der Waals surface area contributed by atoms with Crippen LogP contribution in [0.1, 0.15) is 34.1 Å². The average Bonchev–Trinajstić information content (AvgIpc) is 3.18. The number of hydrogen-bond acceptors (Lipinski definition) is 4. The Morgan fingerprint density at radius 2 is 1.96 bits per heavy atom. The summed E-state index contributed by atoms with van der Waals surface area (Å²) >= 11 is 0. The maximum Gasteiger partial charge on any atom is 0.272 e. The quantitative estimate of drug-likeness (QED) is 0.739. The minimum absolute atomic E-state index is 0.0499. The number of aromatic nitrogens is 2. The van der Waals surface area contributed by atoms with Crippen molar-refractivity contribution in [2.24, 2.45) is 0 Å². The first-order valence-corrected chi connectivity index (χ1v) is 9.67. The van der Waals surface area contributed by atoms with Crippen LogP contribution in [0.15, 0.2) is 60.7 Å². The molecule has 2 aliphatic heterocycles. The second kappa shape index (κ2) is 7.03. The minimum atomic E-state index is -0.159. The molecule has 1 aromatic heterocycles. The van der Waals surface area contributed by atoms with Gasteiger partial charge in [-0.05, 0) is 30.0 Å². The van der Waals surface area contributed by atoms with E-state index in [1.54, 1.807) is 0 Å². The number of para-hydroxylation sites is 1. The third-order valence-electron chi connectivity index (χ3n) is 5.38. The molecule has 0 saturated heterocycles. The summed E-state index contributed by atoms with van der Waals surface area (Å²) in [6, 6.07) is 20.3. The van der Waals surface area contributed by atoms with Gasteiger partial charge in [0.1, 0.15) is 18.2 Å². The van der Waals surface area contributed by atoms with E-state index in [1.165, 1.54) is 5.56 Å². The van der Waals surface area contributed by atoms with Crippen LogP contribution >= 0.6 is 0 Å². The molecule has 2 aromatic carbocycles. The number of amides is 1. The van der Waals surface area contributed by atoms with Crippen LogP contribution in [0.2, 0.25) is 0 Å². The molecule has 5 rings (SSSR count). The lowest BCUT2D eigenvalue weighted by atomic mass is 10.0. The first-order chi connectivity index (χ1) is 13.8. The molecule has 3 aromatic rings. The molecule has 3 heterocycles. The van der Waals surface area contributed by atoms with Crippen LogP contribution in [-0.2, 0) is 13.0 Å². The zero-order valence-electron chi connectivity index (χ0n) is 15.5. The van der Waals surface area contributed by atoms with Crippen molar-refractivity contribution in [2.75, 3.05) is 11.9 Å². The second-order valence-electron chi connectivity index (χ2n) is 7.33. The van der Waals surface area contributed by atoms with Gasteiger partial charge in [-0.25, -0.2) is 4.68 Å². The Labute approximate surface area is 163 Å². The summed E-state index contributed by atoms with van der Waals surface area (Å²) in [6.45, 7) is 1.26. The van der Waals surface area contributed by atoms with E-state index in [2.05, 4.69) is 27.9 Å². The molecule has 0 fully saturated rings. The van der Waals surface area contributed by atoms with Crippen molar-refractivity contribution < 1.29 is 9.53 Å². The fourth-order valence-electron chi connectivity index (χ4n) is 3.93. The van der Waals surface area contributed by atoms with E-state index >= 15 is 0 Å². The highest BCUT2D eigenvalue weighted by Gasteiger charge is 2.25. The van der Waals surface area contributed by atoms with E-state index in [-0.39, 0.29) is 18.0 Å². The highest BCUT2D eigenvalue weighted by atomic mass is 16.5. The number of fused-ring (bicyclic) bond motifs is 2. The third kappa shape index (κ3) is 3.22. The third-order valence-corrected chi connectivity index (χ3v) is 5.38. The van der Waals surface area contributed by atoms with Gasteiger partial charge in [-0.3, -0.25) is 4.79 Å². The van der Waals surface area contributed by atoms with Crippen molar-refractivity contribution >= 4 is 11.7 Å². The molecule has 2 atom stereocenters. The fraction of sp³-hybridized carbons (Fsp3) is 0.273. The van der Waals surface area contributed by atoms with Gasteiger partial charge in [0.2, 0.25) is 0 Å². The van der Waals surface area contributed by atoms with E-state index in [4.69, 9.17) is 4.74 Å². The van der Waals surface area contributed by atoms with Crippen molar-refractivity contribution in [3.8, 4) is 5.75 Å². The lowest BCUT2D eigenvalue weighted by Gasteiger charge is -2.25. The number of carbonyl (C=O) groups excluding carboxylic acids is 1. The monoisotopic (exact) mass is 374 g/mol. The van der Waals surface area contributed by atoms with Crippen molar-refractivity contribution in [1.82, 2.24) is 15.1 Å². The van der Waals surface area contributed by atoms with Crippen LogP contribution in [0.4, 0.5) is 5.82 Å². The Hall–Kier alpha value is -3.28. The number of rotatable bonds is 3. The van der Waals surface area contributed by atoms with E-state index in [0.29, 0.717) is 12.3 Å². The number of nitrogens with one attached hydrogen (secondary N) is 2. The van der Waals surface area contributed by atoms with Gasteiger partial charge < -0.3 is 15.4 Å². The van der Waals surface area contributed by atoms with Gasteiger partial charge in [0.15, 0.2) is 5.69 Å². The highest BCUT2D eigenvalue weighted by Crippen LogP contribution is 2.29. The van der Waals surface area contributed by atoms with Gasteiger partial charge >= 0.3 is 0 Å². The number of aryl methyl sites for hydroxylation is 1. The lowest BCUT2D eigenvalue weighted by Crippen LogP contribution is -2.42. The molecule has 28 heavy (non-hydrogen) atoms. The van der Waals surface area contributed by atoms with Gasteiger partial charge in [-0.1, -0.05) is 48.5 Å². The second-order valence-corrected chi connectivity index (χ2v) is 7.33. The van der Waals surface area contributed by atoms with E-state index < -0.39 is 0 Å². The van der Waals surface area contributed by atoms with E-state index in [0.717, 1.165) is 36.5 Å². The average molecular weight is 374 g/mol. The molecule has 0 saturated carbocycles. The van der Waals surface area contributed by atoms with E-state index in [1.807, 2.05) is 53.2 Å². The fourth-order valence-corrected chi connectivity index (χ4v) is 3.93. The largest absolute Gasteiger partial charge is 0.491 e. The zero-order valence-corrected chi connectivity index (χ0v) is 15.5. The molecule has 2 aliphatic rings. The molecule has 1 amide bonds. The van der Waals surface area contributed by atoms with E-state index in [9.17, 15) is 4.79 Å². The maximum atomic E-state index is 12.7. The Morgan fingerprint density at radius 3 is 2.86 bits per heavy atom. The first kappa shape index (κ1) is 16.9. The summed E-state index contributed by atoms with van der Waals surface area (Å²) < 4.78 is 7.64. The minimum Gasteiger partial charge on any atom is -0.491 e. The van der Waals surface area contributed by atoms with Gasteiger partial charge in [0.05, 0.1) is 12.1 Å². The van der Waals surface area contributed by atoms with Gasteiger partial charge in [-0.15, -0.1) is 0 Å². The first-order valence-electron chi connectivity index (χ1n) is 9.67. The lowest BCUT2D eigenvalue weighted by molar-refractivity contribution is 0.0909. The number of ether oxygens (including phenoxy) is 1. The zero-order chi connectivity index (χ0) is 18.9. The van der Waals surface area contributed by atoms with Crippen LogP contribution in [0.3, 0.4) is 0 Å². The maximum absolute atomic E-state index is 12.7. The van der Waals surface area contributed by atoms with Crippen LogP contribution in [0.5, 0.6) is 5.75 Å². The summed E-state index contributed by atoms with van der Waals surface area (Å²) in [6.07, 6.45) is 1.71. The molecular weight excluding hydrogens is 352 g/mol. The molecule has 2 unspecified atom stereocenters. The highest BCUT2D eigenvalue weighted by molar-refractivity contribution is 5.93. The number of carbonyl (C=O) groups is 1. The van der Waals surface area contributed by atoms with Gasteiger partial charge in [0, 0.05) is 12.6 Å². The molecule has 142 valence electrons. The van der Waals surface area contributed by atoms with Crippen LogP contribution < -0.4 is 15.4 Å². The molecule has 6 nitrogen and oxygen atoms in total. The number of benzene rings is 2. The summed E-state index contributed by atoms with van der Waals surface area (Å²) in [5, 5.41) is 11.1. The van der Waals surface area contributed by atoms with Gasteiger partial charge in [0.25, 0.3) is 5.91 Å². The van der Waals surface area contributed by atoms with Crippen LogP contribution in [0, 0.1) is 0 Å². The molecule has 0 spiro atoms. The summed E-state index contributed by atoms with van der Waals surface area (Å²) in [4.78, 5) is 12.7. The number of anilines is 1. The Kier molecular flexibility index (Phi) is 4.24. The SMILES string of the molecule is O=C(NC1COc2ccccc2C1)c1cc2n(n1)CCC(c1ccccc1)N2. The molecular formula is C22H22N4O2. The summed E-state index contributed by atoms with van der Waals surface area (Å²) in [5.41, 5.74) is 2.81. The number of hydrogen-bond donors (Lipinski definition) is 2. The summed E-state index contributed by atoms with van der Waals surface area (Å²) in [5.74, 6) is 1.63. The molecule has 6 heteroatoms. The van der Waals surface area contributed by atoms with Crippen molar-refractivity contribution in [3.63, 3.8) is 0 Å². The predicted octanol–water partition coefficient (Wildman–Crippen LogP) is 3.17. The standard InChI is InChI=1S/C22H22N4O2/c27-22(23-17-12-16-8-4-5-9-20(16)28-14-17)19-13-21-24-18(10-11-26(21)25-19)15-6-2-1-3-7-15/h1-9,13,17-18,24H,10-12,14H2,(H,23,27).